The van der Waals surface area contributed by atoms with Crippen LogP contribution >= 0.6 is 0 Å². The number of nitrogens with one attached hydrogen (secondary N) is 1. The molecule has 1 fully saturated rings. The lowest BCUT2D eigenvalue weighted by Gasteiger charge is -2.29. The summed E-state index contributed by atoms with van der Waals surface area (Å²) in [5.41, 5.74) is 0. The van der Waals surface area contributed by atoms with Gasteiger partial charge in [0.25, 0.3) is 0 Å². The van der Waals surface area contributed by atoms with Crippen molar-refractivity contribution in [2.75, 3.05) is 26.7 Å². The molecule has 15 heavy (non-hydrogen) atoms. The summed E-state index contributed by atoms with van der Waals surface area (Å²) >= 11 is 0. The van der Waals surface area contributed by atoms with E-state index < -0.39 is 0 Å². The molecule has 0 bridgehead atoms. The smallest absolute Gasteiger partial charge is 0.0217 e. The van der Waals surface area contributed by atoms with E-state index in [0.29, 0.717) is 0 Å². The molecule has 0 spiro atoms. The Morgan fingerprint density at radius 2 is 2.07 bits per heavy atom. The first kappa shape index (κ1) is 13.0. The van der Waals surface area contributed by atoms with Gasteiger partial charge in [-0.2, -0.15) is 0 Å². The summed E-state index contributed by atoms with van der Waals surface area (Å²) in [6.07, 6.45) is 6.91. The van der Waals surface area contributed by atoms with E-state index in [1.54, 1.807) is 0 Å². The van der Waals surface area contributed by atoms with Crippen molar-refractivity contribution < 1.29 is 0 Å². The van der Waals surface area contributed by atoms with Gasteiger partial charge in [0, 0.05) is 12.6 Å². The van der Waals surface area contributed by atoms with Crippen molar-refractivity contribution in [2.45, 2.75) is 52.0 Å². The number of likely N-dealkylation sites (N-methyl/N-ethyl adjacent to an activating group) is 1. The van der Waals surface area contributed by atoms with Crippen LogP contribution in [0.1, 0.15) is 46.0 Å². The van der Waals surface area contributed by atoms with Crippen LogP contribution in [0.5, 0.6) is 0 Å². The van der Waals surface area contributed by atoms with Crippen LogP contribution in [0.3, 0.4) is 0 Å². The molecular formula is C13H28N2. The van der Waals surface area contributed by atoms with Gasteiger partial charge in [-0.15, -0.1) is 0 Å². The maximum absolute atomic E-state index is 3.32. The van der Waals surface area contributed by atoms with E-state index in [2.05, 4.69) is 31.1 Å². The maximum Gasteiger partial charge on any atom is 0.0217 e. The fraction of sp³-hybridized carbons (Fsp3) is 1.00. The van der Waals surface area contributed by atoms with Crippen molar-refractivity contribution in [3.8, 4) is 0 Å². The zero-order valence-corrected chi connectivity index (χ0v) is 10.8. The molecule has 2 atom stereocenters. The molecule has 90 valence electrons. The summed E-state index contributed by atoms with van der Waals surface area (Å²) in [5.74, 6) is 0.988. The number of nitrogens with zero attached hydrogens (tertiary/aromatic N) is 1. The predicted molar refractivity (Wildman–Crippen MR) is 67.2 cm³/mol. The molecule has 1 rings (SSSR count). The quantitative estimate of drug-likeness (QED) is 0.753. The van der Waals surface area contributed by atoms with Gasteiger partial charge in [0.15, 0.2) is 0 Å². The third kappa shape index (κ3) is 4.12. The summed E-state index contributed by atoms with van der Waals surface area (Å²) in [6.45, 7) is 8.43. The molecule has 2 nitrogen and oxygen atoms in total. The first-order chi connectivity index (χ1) is 7.31. The Morgan fingerprint density at radius 1 is 1.27 bits per heavy atom. The largest absolute Gasteiger partial charge is 0.318 e. The highest BCUT2D eigenvalue weighted by Crippen LogP contribution is 2.21. The van der Waals surface area contributed by atoms with Gasteiger partial charge in [-0.05, 0) is 51.7 Å². The summed E-state index contributed by atoms with van der Waals surface area (Å²) < 4.78 is 0. The zero-order valence-electron chi connectivity index (χ0n) is 10.8. The standard InChI is InChI=1S/C13H28N2/c1-4-12-7-6-9-15(10-8-12)13(5-2)11-14-3/h12-14H,4-11H2,1-3H3. The molecule has 1 aliphatic heterocycles. The molecule has 2 unspecified atom stereocenters. The van der Waals surface area contributed by atoms with Gasteiger partial charge < -0.3 is 5.32 Å². The molecule has 1 saturated heterocycles. The van der Waals surface area contributed by atoms with Crippen LogP contribution in [0.4, 0.5) is 0 Å². The van der Waals surface area contributed by atoms with E-state index in [-0.39, 0.29) is 0 Å². The molecule has 0 aromatic carbocycles. The number of likely N-dealkylation sites (tertiary alicyclic amines) is 1. The van der Waals surface area contributed by atoms with Crippen LogP contribution in [0.2, 0.25) is 0 Å². The molecule has 0 amide bonds. The van der Waals surface area contributed by atoms with Crippen LogP contribution in [-0.4, -0.2) is 37.6 Å². The highest BCUT2D eigenvalue weighted by atomic mass is 15.2. The number of hydrogen-bond donors (Lipinski definition) is 1. The topological polar surface area (TPSA) is 15.3 Å². The van der Waals surface area contributed by atoms with Crippen molar-refractivity contribution in [1.29, 1.82) is 0 Å². The highest BCUT2D eigenvalue weighted by Gasteiger charge is 2.20. The summed E-state index contributed by atoms with van der Waals surface area (Å²) in [5, 5.41) is 3.32. The Bertz CT molecular complexity index is 159. The molecule has 0 radical (unpaired) electrons. The second kappa shape index (κ2) is 7.24. The summed E-state index contributed by atoms with van der Waals surface area (Å²) in [7, 11) is 2.06. The molecule has 0 aromatic rings. The van der Waals surface area contributed by atoms with E-state index in [4.69, 9.17) is 0 Å². The molecule has 2 heteroatoms. The lowest BCUT2D eigenvalue weighted by atomic mass is 9.98. The summed E-state index contributed by atoms with van der Waals surface area (Å²) in [6, 6.07) is 0.755. The molecule has 1 N–H and O–H groups in total. The van der Waals surface area contributed by atoms with Crippen molar-refractivity contribution in [3.05, 3.63) is 0 Å². The second-order valence-corrected chi connectivity index (χ2v) is 4.86. The Hall–Kier alpha value is -0.0800. The second-order valence-electron chi connectivity index (χ2n) is 4.86. The van der Waals surface area contributed by atoms with Crippen LogP contribution in [0.25, 0.3) is 0 Å². The SMILES string of the molecule is CCC1CCCN(C(CC)CNC)CC1. The molecular weight excluding hydrogens is 184 g/mol. The number of hydrogen-bond acceptors (Lipinski definition) is 2. The monoisotopic (exact) mass is 212 g/mol. The third-order valence-electron chi connectivity index (χ3n) is 3.89. The normalized spacial score (nSPS) is 26.2. The first-order valence-electron chi connectivity index (χ1n) is 6.70. The van der Waals surface area contributed by atoms with E-state index in [9.17, 15) is 0 Å². The Balaban J connectivity index is 2.40. The van der Waals surface area contributed by atoms with Crippen molar-refractivity contribution in [3.63, 3.8) is 0 Å². The van der Waals surface area contributed by atoms with Crippen LogP contribution in [0, 0.1) is 5.92 Å². The average Bonchev–Trinajstić information content (AvgIpc) is 2.51. The van der Waals surface area contributed by atoms with Gasteiger partial charge >= 0.3 is 0 Å². The van der Waals surface area contributed by atoms with E-state index in [1.165, 1.54) is 45.2 Å². The maximum atomic E-state index is 3.32. The van der Waals surface area contributed by atoms with Gasteiger partial charge in [-0.3, -0.25) is 4.90 Å². The van der Waals surface area contributed by atoms with Crippen molar-refractivity contribution in [2.24, 2.45) is 5.92 Å². The zero-order chi connectivity index (χ0) is 11.1. The van der Waals surface area contributed by atoms with Crippen LogP contribution < -0.4 is 5.32 Å². The number of rotatable bonds is 5. The first-order valence-corrected chi connectivity index (χ1v) is 6.70. The molecule has 0 saturated carbocycles. The molecule has 0 aromatic heterocycles. The van der Waals surface area contributed by atoms with E-state index in [0.717, 1.165) is 18.5 Å². The molecule has 1 aliphatic rings. The molecule has 1 heterocycles. The van der Waals surface area contributed by atoms with Crippen LogP contribution in [0.15, 0.2) is 0 Å². The van der Waals surface area contributed by atoms with Gasteiger partial charge in [0.1, 0.15) is 0 Å². The van der Waals surface area contributed by atoms with Gasteiger partial charge in [-0.25, -0.2) is 0 Å². The fourth-order valence-corrected chi connectivity index (χ4v) is 2.73. The minimum Gasteiger partial charge on any atom is -0.318 e. The van der Waals surface area contributed by atoms with Crippen molar-refractivity contribution in [1.82, 2.24) is 10.2 Å². The third-order valence-corrected chi connectivity index (χ3v) is 3.89. The Labute approximate surface area is 95.4 Å². The van der Waals surface area contributed by atoms with Crippen LogP contribution in [-0.2, 0) is 0 Å². The van der Waals surface area contributed by atoms with Gasteiger partial charge in [0.2, 0.25) is 0 Å². The summed E-state index contributed by atoms with van der Waals surface area (Å²) in [4.78, 5) is 2.70. The molecule has 0 aliphatic carbocycles. The highest BCUT2D eigenvalue weighted by molar-refractivity contribution is 4.76. The predicted octanol–water partition coefficient (Wildman–Crippen LogP) is 2.50. The van der Waals surface area contributed by atoms with Gasteiger partial charge in [0.05, 0.1) is 0 Å². The van der Waals surface area contributed by atoms with E-state index >= 15 is 0 Å². The lowest BCUT2D eigenvalue weighted by Crippen LogP contribution is -2.41. The average molecular weight is 212 g/mol. The minimum absolute atomic E-state index is 0.755. The Kier molecular flexibility index (Phi) is 6.26. The lowest BCUT2D eigenvalue weighted by molar-refractivity contribution is 0.193. The Morgan fingerprint density at radius 3 is 2.67 bits per heavy atom. The van der Waals surface area contributed by atoms with Crippen molar-refractivity contribution >= 4 is 0 Å². The minimum atomic E-state index is 0.755. The fourth-order valence-electron chi connectivity index (χ4n) is 2.73. The van der Waals surface area contributed by atoms with E-state index in [1.807, 2.05) is 0 Å². The van der Waals surface area contributed by atoms with Gasteiger partial charge in [-0.1, -0.05) is 20.3 Å².